The van der Waals surface area contributed by atoms with Gasteiger partial charge in [-0.2, -0.15) is 0 Å². The molecule has 5 heteroatoms. The van der Waals surface area contributed by atoms with E-state index in [0.717, 1.165) is 36.1 Å². The largest absolute Gasteiger partial charge is 0.383 e. The highest BCUT2D eigenvalue weighted by Crippen LogP contribution is 2.31. The molecule has 0 fully saturated rings. The van der Waals surface area contributed by atoms with Crippen molar-refractivity contribution in [2.24, 2.45) is 7.05 Å². The SMILES string of the molecule is CCCCN(C)C(=O)c1cc2c(c3ccccc3n2C)n1CCOC. The van der Waals surface area contributed by atoms with Crippen LogP contribution in [0.3, 0.4) is 0 Å². The highest BCUT2D eigenvalue weighted by atomic mass is 16.5. The predicted molar refractivity (Wildman–Crippen MR) is 102 cm³/mol. The van der Waals surface area contributed by atoms with Crippen LogP contribution in [0.25, 0.3) is 21.9 Å². The first-order chi connectivity index (χ1) is 12.1. The lowest BCUT2D eigenvalue weighted by Gasteiger charge is -2.18. The van der Waals surface area contributed by atoms with E-state index in [4.69, 9.17) is 4.74 Å². The Hall–Kier alpha value is -2.27. The lowest BCUT2D eigenvalue weighted by atomic mass is 10.2. The fourth-order valence-electron chi connectivity index (χ4n) is 3.45. The zero-order valence-corrected chi connectivity index (χ0v) is 15.6. The zero-order valence-electron chi connectivity index (χ0n) is 15.6. The Kier molecular flexibility index (Phi) is 5.13. The molecule has 0 N–H and O–H groups in total. The van der Waals surface area contributed by atoms with Crippen LogP contribution in [0.15, 0.2) is 30.3 Å². The van der Waals surface area contributed by atoms with Crippen LogP contribution >= 0.6 is 0 Å². The molecule has 0 unspecified atom stereocenters. The molecule has 0 radical (unpaired) electrons. The number of benzene rings is 1. The van der Waals surface area contributed by atoms with Crippen molar-refractivity contribution in [3.63, 3.8) is 0 Å². The maximum atomic E-state index is 13.0. The second kappa shape index (κ2) is 7.31. The van der Waals surface area contributed by atoms with Crippen molar-refractivity contribution < 1.29 is 9.53 Å². The molecule has 2 aromatic heterocycles. The summed E-state index contributed by atoms with van der Waals surface area (Å²) in [5.41, 5.74) is 4.12. The number of hydrogen-bond acceptors (Lipinski definition) is 2. The van der Waals surface area contributed by atoms with Gasteiger partial charge in [-0.25, -0.2) is 0 Å². The predicted octanol–water partition coefficient (Wildman–Crippen LogP) is 3.65. The third-order valence-electron chi connectivity index (χ3n) is 4.89. The van der Waals surface area contributed by atoms with Gasteiger partial charge in [-0.05, 0) is 18.6 Å². The van der Waals surface area contributed by atoms with Crippen molar-refractivity contribution in [2.75, 3.05) is 27.3 Å². The molecule has 0 spiro atoms. The minimum atomic E-state index is 0.0739. The normalized spacial score (nSPS) is 11.5. The smallest absolute Gasteiger partial charge is 0.270 e. The molecular formula is C20H27N3O2. The fraction of sp³-hybridized carbons (Fsp3) is 0.450. The second-order valence-corrected chi connectivity index (χ2v) is 6.56. The standard InChI is InChI=1S/C20H27N3O2/c1-5-6-11-21(2)20(24)18-14-17-19(23(18)12-13-25-4)15-9-7-8-10-16(15)22(17)3/h7-10,14H,5-6,11-13H2,1-4H3. The highest BCUT2D eigenvalue weighted by Gasteiger charge is 2.22. The molecule has 0 bridgehead atoms. The molecule has 0 aliphatic carbocycles. The quantitative estimate of drug-likeness (QED) is 0.658. The molecule has 2 heterocycles. The van der Waals surface area contributed by atoms with Gasteiger partial charge in [0.2, 0.25) is 0 Å². The zero-order chi connectivity index (χ0) is 18.0. The van der Waals surface area contributed by atoms with Crippen LogP contribution in [0.1, 0.15) is 30.3 Å². The molecule has 0 aliphatic rings. The fourth-order valence-corrected chi connectivity index (χ4v) is 3.45. The van der Waals surface area contributed by atoms with E-state index < -0.39 is 0 Å². The van der Waals surface area contributed by atoms with E-state index in [1.54, 1.807) is 7.11 Å². The summed E-state index contributed by atoms with van der Waals surface area (Å²) in [6.45, 7) is 4.16. The number of nitrogens with zero attached hydrogens (tertiary/aromatic N) is 3. The molecule has 134 valence electrons. The van der Waals surface area contributed by atoms with Gasteiger partial charge in [0.1, 0.15) is 5.69 Å². The van der Waals surface area contributed by atoms with E-state index in [1.807, 2.05) is 30.1 Å². The van der Waals surface area contributed by atoms with Gasteiger partial charge in [-0.3, -0.25) is 4.79 Å². The number of para-hydroxylation sites is 1. The van der Waals surface area contributed by atoms with Crippen LogP contribution in [0.2, 0.25) is 0 Å². The maximum Gasteiger partial charge on any atom is 0.270 e. The number of aromatic nitrogens is 2. The number of ether oxygens (including phenoxy) is 1. The highest BCUT2D eigenvalue weighted by molar-refractivity contribution is 6.10. The van der Waals surface area contributed by atoms with Gasteiger partial charge >= 0.3 is 0 Å². The molecule has 0 aliphatic heterocycles. The Labute approximate surface area is 148 Å². The van der Waals surface area contributed by atoms with E-state index >= 15 is 0 Å². The Morgan fingerprint density at radius 1 is 1.24 bits per heavy atom. The van der Waals surface area contributed by atoms with Crippen LogP contribution in [0, 0.1) is 0 Å². The minimum absolute atomic E-state index is 0.0739. The summed E-state index contributed by atoms with van der Waals surface area (Å²) in [7, 11) is 5.63. The third kappa shape index (κ3) is 3.04. The number of methoxy groups -OCH3 is 1. The molecule has 5 nitrogen and oxygen atoms in total. The van der Waals surface area contributed by atoms with Crippen molar-refractivity contribution in [1.82, 2.24) is 14.0 Å². The van der Waals surface area contributed by atoms with Gasteiger partial charge in [0, 0.05) is 39.7 Å². The van der Waals surface area contributed by atoms with E-state index in [-0.39, 0.29) is 5.91 Å². The van der Waals surface area contributed by atoms with E-state index in [2.05, 4.69) is 35.2 Å². The van der Waals surface area contributed by atoms with E-state index in [1.165, 1.54) is 10.9 Å². The van der Waals surface area contributed by atoms with Crippen LogP contribution in [0.5, 0.6) is 0 Å². The molecule has 0 atom stereocenters. The van der Waals surface area contributed by atoms with Gasteiger partial charge in [-0.1, -0.05) is 31.5 Å². The van der Waals surface area contributed by atoms with Crippen molar-refractivity contribution in [1.29, 1.82) is 0 Å². The number of rotatable bonds is 7. The summed E-state index contributed by atoms with van der Waals surface area (Å²) < 4.78 is 9.57. The summed E-state index contributed by atoms with van der Waals surface area (Å²) in [5.74, 6) is 0.0739. The summed E-state index contributed by atoms with van der Waals surface area (Å²) in [6, 6.07) is 10.4. The lowest BCUT2D eigenvalue weighted by Crippen LogP contribution is -2.30. The Balaban J connectivity index is 2.15. The summed E-state index contributed by atoms with van der Waals surface area (Å²) in [6.07, 6.45) is 2.10. The molecule has 3 aromatic rings. The average Bonchev–Trinajstić information content (AvgIpc) is 3.14. The Morgan fingerprint density at radius 2 is 2.00 bits per heavy atom. The van der Waals surface area contributed by atoms with Crippen LogP contribution in [-0.2, 0) is 18.3 Å². The van der Waals surface area contributed by atoms with Crippen molar-refractivity contribution >= 4 is 27.8 Å². The molecule has 0 saturated carbocycles. The van der Waals surface area contributed by atoms with Crippen LogP contribution in [0.4, 0.5) is 0 Å². The first kappa shape index (κ1) is 17.5. The number of fused-ring (bicyclic) bond motifs is 3. The second-order valence-electron chi connectivity index (χ2n) is 6.56. The minimum Gasteiger partial charge on any atom is -0.383 e. The van der Waals surface area contributed by atoms with Gasteiger partial charge in [0.25, 0.3) is 5.91 Å². The Bertz CT molecular complexity index is 891. The summed E-state index contributed by atoms with van der Waals surface area (Å²) in [4.78, 5) is 14.8. The number of carbonyl (C=O) groups excluding carboxylic acids is 1. The van der Waals surface area contributed by atoms with Gasteiger partial charge in [0.05, 0.1) is 23.2 Å². The number of aryl methyl sites for hydroxylation is 1. The van der Waals surface area contributed by atoms with Gasteiger partial charge < -0.3 is 18.8 Å². The van der Waals surface area contributed by atoms with E-state index in [0.29, 0.717) is 13.2 Å². The van der Waals surface area contributed by atoms with Crippen molar-refractivity contribution in [3.8, 4) is 0 Å². The molecule has 3 rings (SSSR count). The van der Waals surface area contributed by atoms with Crippen LogP contribution in [-0.4, -0.2) is 47.3 Å². The third-order valence-corrected chi connectivity index (χ3v) is 4.89. The first-order valence-electron chi connectivity index (χ1n) is 8.91. The Morgan fingerprint density at radius 3 is 2.72 bits per heavy atom. The monoisotopic (exact) mass is 341 g/mol. The summed E-state index contributed by atoms with van der Waals surface area (Å²) in [5, 5.41) is 1.17. The first-order valence-corrected chi connectivity index (χ1v) is 8.91. The maximum absolute atomic E-state index is 13.0. The van der Waals surface area contributed by atoms with E-state index in [9.17, 15) is 4.79 Å². The molecule has 1 amide bonds. The molecular weight excluding hydrogens is 314 g/mol. The molecule has 25 heavy (non-hydrogen) atoms. The number of carbonyl (C=O) groups is 1. The lowest BCUT2D eigenvalue weighted by molar-refractivity contribution is 0.0780. The number of amides is 1. The summed E-state index contributed by atoms with van der Waals surface area (Å²) >= 11 is 0. The van der Waals surface area contributed by atoms with Crippen molar-refractivity contribution in [2.45, 2.75) is 26.3 Å². The molecule has 1 aromatic carbocycles. The molecule has 0 saturated heterocycles. The van der Waals surface area contributed by atoms with Gasteiger partial charge in [0.15, 0.2) is 0 Å². The van der Waals surface area contributed by atoms with Crippen molar-refractivity contribution in [3.05, 3.63) is 36.0 Å². The average molecular weight is 341 g/mol. The number of hydrogen-bond donors (Lipinski definition) is 0. The topological polar surface area (TPSA) is 39.4 Å². The van der Waals surface area contributed by atoms with Gasteiger partial charge in [-0.15, -0.1) is 0 Å². The van der Waals surface area contributed by atoms with Crippen LogP contribution < -0.4 is 0 Å². The number of unbranched alkanes of at least 4 members (excludes halogenated alkanes) is 1.